The summed E-state index contributed by atoms with van der Waals surface area (Å²) in [4.78, 5) is 13.2. The third-order valence-electron chi connectivity index (χ3n) is 1.50. The summed E-state index contributed by atoms with van der Waals surface area (Å²) >= 11 is 7.40. The minimum absolute atomic E-state index is 0.367. The molecule has 72 valence electrons. The Bertz CT molecular complexity index is 296. The van der Waals surface area contributed by atoms with Gasteiger partial charge in [0.05, 0.1) is 6.61 Å². The van der Waals surface area contributed by atoms with Crippen LogP contribution in [-0.4, -0.2) is 12.6 Å². The molecule has 0 aliphatic rings. The quantitative estimate of drug-likeness (QED) is 0.576. The van der Waals surface area contributed by atoms with Gasteiger partial charge in [-0.1, -0.05) is 0 Å². The molecule has 0 aromatic carbocycles. The monoisotopic (exact) mass is 218 g/mol. The van der Waals surface area contributed by atoms with Crippen LogP contribution >= 0.6 is 22.9 Å². The van der Waals surface area contributed by atoms with Gasteiger partial charge < -0.3 is 4.74 Å². The second-order valence-electron chi connectivity index (χ2n) is 2.56. The topological polar surface area (TPSA) is 26.3 Å². The fourth-order valence-electron chi connectivity index (χ4n) is 0.921. The number of carbonyl (C=O) groups excluding carboxylic acids is 1. The van der Waals surface area contributed by atoms with E-state index < -0.39 is 5.38 Å². The van der Waals surface area contributed by atoms with Crippen molar-refractivity contribution in [2.45, 2.75) is 19.2 Å². The molecule has 0 aliphatic carbocycles. The standard InChI is InChI=1S/C9H11ClO2S/c1-3-12-9(11)8(10)7-5-4-6(2)13-7/h4-5,8H,3H2,1-2H3. The van der Waals surface area contributed by atoms with Gasteiger partial charge in [-0.2, -0.15) is 0 Å². The lowest BCUT2D eigenvalue weighted by atomic mass is 10.3. The smallest absolute Gasteiger partial charge is 0.329 e. The highest BCUT2D eigenvalue weighted by molar-refractivity contribution is 7.12. The van der Waals surface area contributed by atoms with Crippen molar-refractivity contribution in [2.75, 3.05) is 6.61 Å². The van der Waals surface area contributed by atoms with E-state index in [-0.39, 0.29) is 5.97 Å². The Kier molecular flexibility index (Phi) is 3.75. The number of carbonyl (C=O) groups is 1. The lowest BCUT2D eigenvalue weighted by molar-refractivity contribution is -0.142. The van der Waals surface area contributed by atoms with E-state index in [0.717, 1.165) is 9.75 Å². The Balaban J connectivity index is 2.67. The molecule has 2 nitrogen and oxygen atoms in total. The molecule has 0 radical (unpaired) electrons. The van der Waals surface area contributed by atoms with E-state index in [4.69, 9.17) is 16.3 Å². The molecule has 1 aromatic heterocycles. The van der Waals surface area contributed by atoms with E-state index in [2.05, 4.69) is 0 Å². The number of hydrogen-bond acceptors (Lipinski definition) is 3. The molecule has 0 fully saturated rings. The molecule has 1 atom stereocenters. The van der Waals surface area contributed by atoms with Crippen molar-refractivity contribution >= 4 is 28.9 Å². The van der Waals surface area contributed by atoms with Crippen LogP contribution in [0.3, 0.4) is 0 Å². The highest BCUT2D eigenvalue weighted by Crippen LogP contribution is 2.28. The normalized spacial score (nSPS) is 12.5. The first-order valence-electron chi connectivity index (χ1n) is 4.02. The Morgan fingerprint density at radius 1 is 1.69 bits per heavy atom. The van der Waals surface area contributed by atoms with Crippen molar-refractivity contribution in [2.24, 2.45) is 0 Å². The van der Waals surface area contributed by atoms with Gasteiger partial charge in [0, 0.05) is 9.75 Å². The Morgan fingerprint density at radius 2 is 2.38 bits per heavy atom. The van der Waals surface area contributed by atoms with Crippen molar-refractivity contribution in [3.63, 3.8) is 0 Å². The first-order valence-corrected chi connectivity index (χ1v) is 5.27. The molecule has 0 aliphatic heterocycles. The van der Waals surface area contributed by atoms with Crippen LogP contribution in [0.1, 0.15) is 22.1 Å². The third kappa shape index (κ3) is 2.71. The maximum absolute atomic E-state index is 11.2. The van der Waals surface area contributed by atoms with Gasteiger partial charge >= 0.3 is 5.97 Å². The maximum Gasteiger partial charge on any atom is 0.329 e. The number of aryl methyl sites for hydroxylation is 1. The van der Waals surface area contributed by atoms with Crippen molar-refractivity contribution in [1.29, 1.82) is 0 Å². The number of rotatable bonds is 3. The first kappa shape index (κ1) is 10.5. The lowest BCUT2D eigenvalue weighted by Crippen LogP contribution is -2.09. The van der Waals surface area contributed by atoms with Crippen LogP contribution in [0, 0.1) is 6.92 Å². The van der Waals surface area contributed by atoms with Gasteiger partial charge in [-0.25, -0.2) is 0 Å². The predicted octanol–water partition coefficient (Wildman–Crippen LogP) is 2.90. The summed E-state index contributed by atoms with van der Waals surface area (Å²) in [6, 6.07) is 3.79. The lowest BCUT2D eigenvalue weighted by Gasteiger charge is -2.05. The third-order valence-corrected chi connectivity index (χ3v) is 3.11. The molecule has 0 spiro atoms. The number of halogens is 1. The summed E-state index contributed by atoms with van der Waals surface area (Å²) in [5.74, 6) is -0.369. The largest absolute Gasteiger partial charge is 0.465 e. The summed E-state index contributed by atoms with van der Waals surface area (Å²) in [7, 11) is 0. The summed E-state index contributed by atoms with van der Waals surface area (Å²) in [6.45, 7) is 4.11. The fourth-order valence-corrected chi connectivity index (χ4v) is 2.03. The second kappa shape index (κ2) is 4.63. The summed E-state index contributed by atoms with van der Waals surface area (Å²) < 4.78 is 4.80. The van der Waals surface area contributed by atoms with Crippen molar-refractivity contribution in [1.82, 2.24) is 0 Å². The molecular formula is C9H11ClO2S. The van der Waals surface area contributed by atoms with Crippen molar-refractivity contribution in [3.8, 4) is 0 Å². The molecule has 13 heavy (non-hydrogen) atoms. The highest BCUT2D eigenvalue weighted by atomic mass is 35.5. The molecule has 0 saturated heterocycles. The molecule has 1 aromatic rings. The predicted molar refractivity (Wildman–Crippen MR) is 54.3 cm³/mol. The number of ether oxygens (including phenoxy) is 1. The van der Waals surface area contributed by atoms with Crippen molar-refractivity contribution in [3.05, 3.63) is 21.9 Å². The first-order chi connectivity index (χ1) is 6.15. The van der Waals surface area contributed by atoms with Crippen LogP contribution in [0.15, 0.2) is 12.1 Å². The van der Waals surface area contributed by atoms with Crippen molar-refractivity contribution < 1.29 is 9.53 Å². The zero-order chi connectivity index (χ0) is 9.84. The van der Waals surface area contributed by atoms with Gasteiger partial charge in [-0.05, 0) is 26.0 Å². The fraction of sp³-hybridized carbons (Fsp3) is 0.444. The number of thiophene rings is 1. The Hall–Kier alpha value is -0.540. The molecule has 1 heterocycles. The minimum Gasteiger partial charge on any atom is -0.465 e. The molecule has 0 amide bonds. The Morgan fingerprint density at radius 3 is 2.85 bits per heavy atom. The molecule has 0 bridgehead atoms. The molecule has 1 rings (SSSR count). The summed E-state index contributed by atoms with van der Waals surface area (Å²) in [6.07, 6.45) is 0. The van der Waals surface area contributed by atoms with Gasteiger partial charge in [-0.15, -0.1) is 22.9 Å². The number of hydrogen-bond donors (Lipinski definition) is 0. The van der Waals surface area contributed by atoms with Crippen LogP contribution in [-0.2, 0) is 9.53 Å². The Labute approximate surface area is 86.5 Å². The van der Waals surface area contributed by atoms with E-state index in [1.54, 1.807) is 6.92 Å². The molecule has 0 N–H and O–H groups in total. The molecule has 4 heteroatoms. The van der Waals surface area contributed by atoms with Gasteiger partial charge in [0.15, 0.2) is 5.38 Å². The van der Waals surface area contributed by atoms with Crippen LogP contribution in [0.2, 0.25) is 0 Å². The number of alkyl halides is 1. The molecular weight excluding hydrogens is 208 g/mol. The van der Waals surface area contributed by atoms with E-state index in [0.29, 0.717) is 6.61 Å². The minimum atomic E-state index is -0.654. The van der Waals surface area contributed by atoms with Gasteiger partial charge in [0.1, 0.15) is 0 Å². The van der Waals surface area contributed by atoms with E-state index in [1.807, 2.05) is 19.1 Å². The maximum atomic E-state index is 11.2. The van der Waals surface area contributed by atoms with Crippen LogP contribution in [0.25, 0.3) is 0 Å². The van der Waals surface area contributed by atoms with Gasteiger partial charge in [0.2, 0.25) is 0 Å². The average molecular weight is 219 g/mol. The van der Waals surface area contributed by atoms with Gasteiger partial charge in [-0.3, -0.25) is 4.79 Å². The zero-order valence-corrected chi connectivity index (χ0v) is 9.11. The number of esters is 1. The summed E-state index contributed by atoms with van der Waals surface area (Å²) in [5.41, 5.74) is 0. The molecule has 0 saturated carbocycles. The van der Waals surface area contributed by atoms with Crippen LogP contribution < -0.4 is 0 Å². The molecule has 1 unspecified atom stereocenters. The zero-order valence-electron chi connectivity index (χ0n) is 7.54. The second-order valence-corrected chi connectivity index (χ2v) is 4.32. The van der Waals surface area contributed by atoms with Crippen LogP contribution in [0.5, 0.6) is 0 Å². The van der Waals surface area contributed by atoms with Gasteiger partial charge in [0.25, 0.3) is 0 Å². The highest BCUT2D eigenvalue weighted by Gasteiger charge is 2.19. The summed E-state index contributed by atoms with van der Waals surface area (Å²) in [5, 5.41) is -0.654. The average Bonchev–Trinajstić information content (AvgIpc) is 2.51. The van der Waals surface area contributed by atoms with E-state index in [9.17, 15) is 4.79 Å². The van der Waals surface area contributed by atoms with E-state index in [1.165, 1.54) is 11.3 Å². The SMILES string of the molecule is CCOC(=O)C(Cl)c1ccc(C)s1. The van der Waals surface area contributed by atoms with Crippen LogP contribution in [0.4, 0.5) is 0 Å². The van der Waals surface area contributed by atoms with E-state index >= 15 is 0 Å².